The number of benzene rings is 2. The number of methoxy groups -OCH3 is 1. The summed E-state index contributed by atoms with van der Waals surface area (Å²) < 4.78 is 5.40. The van der Waals surface area contributed by atoms with Crippen LogP contribution < -0.4 is 10.1 Å². The van der Waals surface area contributed by atoms with Crippen molar-refractivity contribution in [2.45, 2.75) is 43.7 Å². The third-order valence-electron chi connectivity index (χ3n) is 7.30. The maximum Gasteiger partial charge on any atom is 0.322 e. The third kappa shape index (κ3) is 4.77. The van der Waals surface area contributed by atoms with Gasteiger partial charge in [0.1, 0.15) is 5.75 Å². The second-order valence-electron chi connectivity index (χ2n) is 9.53. The predicted octanol–water partition coefficient (Wildman–Crippen LogP) is 3.91. The van der Waals surface area contributed by atoms with Gasteiger partial charge < -0.3 is 20.1 Å². The molecule has 3 fully saturated rings. The molecule has 0 bridgehead atoms. The van der Waals surface area contributed by atoms with Gasteiger partial charge in [0.25, 0.3) is 0 Å². The van der Waals surface area contributed by atoms with Crippen LogP contribution in [0.15, 0.2) is 48.5 Å². The Kier molecular flexibility index (Phi) is 6.75. The Labute approximate surface area is 201 Å². The number of nitrogens with one attached hydrogen (secondary N) is 1. The molecule has 0 spiro atoms. The van der Waals surface area contributed by atoms with Crippen LogP contribution in [0.3, 0.4) is 0 Å². The molecule has 2 N–H and O–H groups in total. The number of urea groups is 1. The Hall–Kier alpha value is -3.01. The van der Waals surface area contributed by atoms with Gasteiger partial charge in [0.2, 0.25) is 0 Å². The number of hydrogen-bond donors (Lipinski definition) is 2. The Balaban J connectivity index is 1.32. The van der Waals surface area contributed by atoms with E-state index >= 15 is 0 Å². The SMILES string of the molecule is COc1ccccc1NC(=O)N1CCCCN2[C@H](CO)[C@H](c3ccc(C#CC4CC4)cc3)[C@H]2C1. The number of para-hydroxylation sites is 2. The van der Waals surface area contributed by atoms with E-state index in [0.717, 1.165) is 31.5 Å². The van der Waals surface area contributed by atoms with Gasteiger partial charge in [-0.15, -0.1) is 0 Å². The van der Waals surface area contributed by atoms with Crippen molar-refractivity contribution in [3.8, 4) is 17.6 Å². The lowest BCUT2D eigenvalue weighted by molar-refractivity contribution is -0.0585. The van der Waals surface area contributed by atoms with Crippen molar-refractivity contribution in [3.05, 3.63) is 59.7 Å². The van der Waals surface area contributed by atoms with Crippen LogP contribution in [0.4, 0.5) is 10.5 Å². The Morgan fingerprint density at radius 1 is 1.12 bits per heavy atom. The fraction of sp³-hybridized carbons (Fsp3) is 0.464. The van der Waals surface area contributed by atoms with E-state index in [1.807, 2.05) is 29.2 Å². The molecular formula is C28H33N3O3. The largest absolute Gasteiger partial charge is 0.495 e. The van der Waals surface area contributed by atoms with Crippen molar-refractivity contribution in [2.24, 2.45) is 5.92 Å². The van der Waals surface area contributed by atoms with Gasteiger partial charge >= 0.3 is 6.03 Å². The zero-order valence-electron chi connectivity index (χ0n) is 19.7. The van der Waals surface area contributed by atoms with E-state index in [1.54, 1.807) is 7.11 Å². The topological polar surface area (TPSA) is 65.0 Å². The fourth-order valence-electron chi connectivity index (χ4n) is 5.27. The standard InChI is InChI=1S/C28H33N3O3/c1-34-26-7-3-2-6-23(26)29-28(33)30-16-4-5-17-31-24(18-30)27(25(31)19-32)22-14-12-21(13-15-22)11-10-20-8-9-20/h2-3,6-7,12-15,20,24-25,27,32H,4-5,8-9,16-19H2,1H3,(H,29,33)/t24-,25-,27-/m1/s1. The average Bonchev–Trinajstić information content (AvgIpc) is 3.67. The van der Waals surface area contributed by atoms with Gasteiger partial charge in [0, 0.05) is 42.6 Å². The molecule has 1 aliphatic carbocycles. The van der Waals surface area contributed by atoms with E-state index < -0.39 is 0 Å². The molecule has 6 heteroatoms. The van der Waals surface area contributed by atoms with Crippen molar-refractivity contribution in [3.63, 3.8) is 0 Å². The van der Waals surface area contributed by atoms with Crippen molar-refractivity contribution >= 4 is 11.7 Å². The minimum atomic E-state index is -0.108. The van der Waals surface area contributed by atoms with E-state index in [4.69, 9.17) is 4.74 Å². The van der Waals surface area contributed by atoms with Crippen LogP contribution >= 0.6 is 0 Å². The minimum absolute atomic E-state index is 0.0885. The molecule has 2 saturated heterocycles. The lowest BCUT2D eigenvalue weighted by Gasteiger charge is -2.57. The van der Waals surface area contributed by atoms with Gasteiger partial charge in [-0.25, -0.2) is 4.79 Å². The van der Waals surface area contributed by atoms with Crippen LogP contribution in [0.2, 0.25) is 0 Å². The first kappa shape index (κ1) is 22.8. The summed E-state index contributed by atoms with van der Waals surface area (Å²) in [6.45, 7) is 2.43. The average molecular weight is 460 g/mol. The summed E-state index contributed by atoms with van der Waals surface area (Å²) >= 11 is 0. The number of ether oxygens (including phenoxy) is 1. The molecule has 3 aliphatic rings. The number of anilines is 1. The summed E-state index contributed by atoms with van der Waals surface area (Å²) in [5, 5.41) is 13.2. The number of carbonyl (C=O) groups excluding carboxylic acids is 1. The van der Waals surface area contributed by atoms with Crippen molar-refractivity contribution in [1.29, 1.82) is 0 Å². The molecule has 2 aliphatic heterocycles. The molecule has 1 saturated carbocycles. The summed E-state index contributed by atoms with van der Waals surface area (Å²) in [6, 6.07) is 16.1. The van der Waals surface area contributed by atoms with Gasteiger partial charge in [-0.3, -0.25) is 4.90 Å². The van der Waals surface area contributed by atoms with Crippen molar-refractivity contribution in [2.75, 3.05) is 38.7 Å². The molecule has 3 atom stereocenters. The number of aliphatic hydroxyl groups excluding tert-OH is 1. The van der Waals surface area contributed by atoms with E-state index in [2.05, 4.69) is 46.3 Å². The summed E-state index contributed by atoms with van der Waals surface area (Å²) in [4.78, 5) is 17.5. The number of amides is 2. The summed E-state index contributed by atoms with van der Waals surface area (Å²) in [6.07, 6.45) is 4.40. The normalized spacial score (nSPS) is 24.5. The maximum atomic E-state index is 13.2. The lowest BCUT2D eigenvalue weighted by Crippen LogP contribution is -2.68. The summed E-state index contributed by atoms with van der Waals surface area (Å²) in [5.41, 5.74) is 2.93. The molecule has 178 valence electrons. The molecule has 2 amide bonds. The van der Waals surface area contributed by atoms with Gasteiger partial charge in [0.05, 0.1) is 19.4 Å². The van der Waals surface area contributed by atoms with Crippen molar-refractivity contribution in [1.82, 2.24) is 9.80 Å². The highest BCUT2D eigenvalue weighted by Gasteiger charge is 2.49. The zero-order valence-corrected chi connectivity index (χ0v) is 19.7. The zero-order chi connectivity index (χ0) is 23.5. The van der Waals surface area contributed by atoms with Crippen LogP contribution in [0, 0.1) is 17.8 Å². The van der Waals surface area contributed by atoms with Crippen molar-refractivity contribution < 1.29 is 14.6 Å². The smallest absolute Gasteiger partial charge is 0.322 e. The third-order valence-corrected chi connectivity index (χ3v) is 7.30. The van der Waals surface area contributed by atoms with E-state index in [0.29, 0.717) is 23.9 Å². The second-order valence-corrected chi connectivity index (χ2v) is 9.53. The molecule has 0 unspecified atom stereocenters. The predicted molar refractivity (Wildman–Crippen MR) is 133 cm³/mol. The summed E-state index contributed by atoms with van der Waals surface area (Å²) in [7, 11) is 1.61. The maximum absolute atomic E-state index is 13.2. The number of aliphatic hydroxyl groups is 1. The number of hydrogen-bond acceptors (Lipinski definition) is 4. The first-order valence-corrected chi connectivity index (χ1v) is 12.3. The molecule has 2 heterocycles. The number of nitrogens with zero attached hydrogens (tertiary/aromatic N) is 2. The molecule has 5 rings (SSSR count). The Morgan fingerprint density at radius 2 is 1.88 bits per heavy atom. The van der Waals surface area contributed by atoms with Crippen LogP contribution in [0.25, 0.3) is 0 Å². The van der Waals surface area contributed by atoms with E-state index in [9.17, 15) is 9.90 Å². The monoisotopic (exact) mass is 459 g/mol. The van der Waals surface area contributed by atoms with Crippen LogP contribution in [-0.4, -0.2) is 66.4 Å². The van der Waals surface area contributed by atoms with Gasteiger partial charge in [0.15, 0.2) is 0 Å². The molecule has 34 heavy (non-hydrogen) atoms. The van der Waals surface area contributed by atoms with Crippen LogP contribution in [0.5, 0.6) is 5.75 Å². The minimum Gasteiger partial charge on any atom is -0.495 e. The Bertz CT molecular complexity index is 1070. The lowest BCUT2D eigenvalue weighted by atomic mass is 9.74. The molecule has 2 aromatic rings. The fourth-order valence-corrected chi connectivity index (χ4v) is 5.27. The Morgan fingerprint density at radius 3 is 2.62 bits per heavy atom. The highest BCUT2D eigenvalue weighted by molar-refractivity contribution is 5.91. The quantitative estimate of drug-likeness (QED) is 0.681. The highest BCUT2D eigenvalue weighted by atomic mass is 16.5. The van der Waals surface area contributed by atoms with E-state index in [-0.39, 0.29) is 30.6 Å². The molecule has 2 aromatic carbocycles. The van der Waals surface area contributed by atoms with E-state index in [1.165, 1.54) is 18.4 Å². The molecule has 0 aromatic heterocycles. The second kappa shape index (κ2) is 10.1. The van der Waals surface area contributed by atoms with Gasteiger partial charge in [-0.1, -0.05) is 36.1 Å². The van der Waals surface area contributed by atoms with Crippen LogP contribution in [-0.2, 0) is 0 Å². The number of rotatable bonds is 4. The first-order valence-electron chi connectivity index (χ1n) is 12.3. The number of carbonyl (C=O) groups is 1. The molecule has 6 nitrogen and oxygen atoms in total. The van der Waals surface area contributed by atoms with Crippen LogP contribution in [0.1, 0.15) is 42.7 Å². The number of fused-ring (bicyclic) bond motifs is 1. The van der Waals surface area contributed by atoms with Gasteiger partial charge in [-0.05, 0) is 62.1 Å². The molecular weight excluding hydrogens is 426 g/mol. The highest BCUT2D eigenvalue weighted by Crippen LogP contribution is 2.42. The summed E-state index contributed by atoms with van der Waals surface area (Å²) in [5.74, 6) is 8.02. The molecule has 0 radical (unpaired) electrons. The first-order chi connectivity index (χ1) is 16.7. The van der Waals surface area contributed by atoms with Gasteiger partial charge in [-0.2, -0.15) is 0 Å².